The number of nitrogens with zero attached hydrogens (tertiary/aromatic N) is 2. The van der Waals surface area contributed by atoms with Gasteiger partial charge in [-0.2, -0.15) is 0 Å². The molecule has 3 saturated heterocycles. The lowest BCUT2D eigenvalue weighted by Gasteiger charge is -2.36. The van der Waals surface area contributed by atoms with Gasteiger partial charge in [-0.05, 0) is 37.8 Å². The predicted molar refractivity (Wildman–Crippen MR) is 99.8 cm³/mol. The van der Waals surface area contributed by atoms with Gasteiger partial charge in [0, 0.05) is 49.9 Å². The molecule has 0 aromatic heterocycles. The fourth-order valence-electron chi connectivity index (χ4n) is 4.63. The van der Waals surface area contributed by atoms with Gasteiger partial charge in [0.05, 0.1) is 5.92 Å². The number of carbonyl (C=O) groups is 2. The van der Waals surface area contributed by atoms with Crippen molar-refractivity contribution in [3.05, 3.63) is 29.8 Å². The summed E-state index contributed by atoms with van der Waals surface area (Å²) >= 11 is 0. The van der Waals surface area contributed by atoms with E-state index in [0.29, 0.717) is 12.1 Å². The summed E-state index contributed by atoms with van der Waals surface area (Å²) < 4.78 is 26.9. The van der Waals surface area contributed by atoms with E-state index in [1.165, 1.54) is 4.90 Å². The van der Waals surface area contributed by atoms with Gasteiger partial charge >= 0.3 is 0 Å². The minimum absolute atomic E-state index is 0. The maximum atomic E-state index is 13.5. The molecule has 1 N–H and O–H groups in total. The van der Waals surface area contributed by atoms with Gasteiger partial charge in [0.25, 0.3) is 0 Å². The van der Waals surface area contributed by atoms with Gasteiger partial charge in [-0.15, -0.1) is 12.4 Å². The molecule has 0 saturated carbocycles. The molecule has 5 nitrogen and oxygen atoms in total. The molecule has 0 radical (unpaired) electrons. The van der Waals surface area contributed by atoms with Crippen LogP contribution >= 0.6 is 12.4 Å². The molecule has 3 unspecified atom stereocenters. The van der Waals surface area contributed by atoms with Crippen molar-refractivity contribution in [2.75, 3.05) is 18.5 Å². The van der Waals surface area contributed by atoms with E-state index in [2.05, 4.69) is 5.32 Å². The molecular formula is C19H24ClF2N3O2. The predicted octanol–water partition coefficient (Wildman–Crippen LogP) is 2.48. The summed E-state index contributed by atoms with van der Waals surface area (Å²) in [6.07, 6.45) is 4.28. The highest BCUT2D eigenvalue weighted by atomic mass is 35.5. The maximum Gasteiger partial charge on any atom is 0.228 e. The van der Waals surface area contributed by atoms with E-state index in [0.717, 1.165) is 43.9 Å². The van der Waals surface area contributed by atoms with Crippen LogP contribution in [-0.2, 0) is 9.59 Å². The number of carbonyl (C=O) groups excluding carboxylic acids is 2. The molecule has 0 spiro atoms. The molecule has 2 bridgehead atoms. The Balaban J connectivity index is 0.00000210. The van der Waals surface area contributed by atoms with Gasteiger partial charge in [-0.25, -0.2) is 8.78 Å². The first-order chi connectivity index (χ1) is 12.4. The summed E-state index contributed by atoms with van der Waals surface area (Å²) in [4.78, 5) is 28.3. The molecular weight excluding hydrogens is 376 g/mol. The van der Waals surface area contributed by atoms with Gasteiger partial charge in [0.1, 0.15) is 11.6 Å². The van der Waals surface area contributed by atoms with E-state index in [1.807, 2.05) is 7.05 Å². The number of benzene rings is 1. The molecule has 3 aliphatic heterocycles. The molecule has 1 aromatic rings. The van der Waals surface area contributed by atoms with Crippen LogP contribution < -0.4 is 10.2 Å². The number of piperidine rings is 1. The number of hydrogen-bond acceptors (Lipinski definition) is 3. The molecule has 4 rings (SSSR count). The van der Waals surface area contributed by atoms with Crippen LogP contribution in [0.25, 0.3) is 0 Å². The number of anilines is 1. The fourth-order valence-corrected chi connectivity index (χ4v) is 4.63. The molecule has 8 heteroatoms. The van der Waals surface area contributed by atoms with Crippen molar-refractivity contribution in [2.24, 2.45) is 5.92 Å². The van der Waals surface area contributed by atoms with Crippen LogP contribution in [0, 0.1) is 17.6 Å². The Morgan fingerprint density at radius 1 is 1.15 bits per heavy atom. The zero-order chi connectivity index (χ0) is 18.4. The third-order valence-electron chi connectivity index (χ3n) is 5.98. The Labute approximate surface area is 163 Å². The number of hydrogen-bond donors (Lipinski definition) is 1. The number of nitrogens with one attached hydrogen (secondary N) is 1. The van der Waals surface area contributed by atoms with Gasteiger partial charge in [-0.1, -0.05) is 0 Å². The number of amides is 2. The molecule has 3 aliphatic rings. The highest BCUT2D eigenvalue weighted by Crippen LogP contribution is 2.32. The summed E-state index contributed by atoms with van der Waals surface area (Å²) in [5, 5.41) is 3.56. The third-order valence-corrected chi connectivity index (χ3v) is 5.98. The smallest absolute Gasteiger partial charge is 0.228 e. The van der Waals surface area contributed by atoms with Crippen LogP contribution in [0.5, 0.6) is 0 Å². The second kappa shape index (κ2) is 7.72. The van der Waals surface area contributed by atoms with E-state index < -0.39 is 17.6 Å². The van der Waals surface area contributed by atoms with Crippen LogP contribution in [0.4, 0.5) is 14.5 Å². The molecule has 1 aromatic carbocycles. The molecule has 3 atom stereocenters. The Morgan fingerprint density at radius 3 is 2.33 bits per heavy atom. The summed E-state index contributed by atoms with van der Waals surface area (Å²) in [6.45, 7) is 0.169. The van der Waals surface area contributed by atoms with Crippen molar-refractivity contribution in [3.8, 4) is 0 Å². The molecule has 27 heavy (non-hydrogen) atoms. The van der Waals surface area contributed by atoms with Gasteiger partial charge in [0.2, 0.25) is 11.8 Å². The number of fused-ring (bicyclic) bond motifs is 2. The topological polar surface area (TPSA) is 52.7 Å². The second-order valence-corrected chi connectivity index (χ2v) is 7.75. The van der Waals surface area contributed by atoms with Crippen molar-refractivity contribution in [3.63, 3.8) is 0 Å². The summed E-state index contributed by atoms with van der Waals surface area (Å²) in [7, 11) is 1.81. The largest absolute Gasteiger partial charge is 0.342 e. The standard InChI is InChI=1S/C19H23F2N3O2.ClH/c1-23(16-8-14-2-3-15(9-16)22-14)19(26)11-4-18(25)24(10-11)17-6-12(20)5-13(21)7-17;/h5-7,11,14-16,22H,2-4,8-10H2,1H3;1H. The van der Waals surface area contributed by atoms with Gasteiger partial charge in [0.15, 0.2) is 0 Å². The highest BCUT2D eigenvalue weighted by Gasteiger charge is 2.41. The number of rotatable bonds is 3. The average Bonchev–Trinajstić information content (AvgIpc) is 3.14. The molecule has 0 aliphatic carbocycles. The zero-order valence-electron chi connectivity index (χ0n) is 15.2. The van der Waals surface area contributed by atoms with Crippen LogP contribution in [0.1, 0.15) is 32.1 Å². The van der Waals surface area contributed by atoms with E-state index in [9.17, 15) is 18.4 Å². The Bertz CT molecular complexity index is 715. The first-order valence-electron chi connectivity index (χ1n) is 9.20. The van der Waals surface area contributed by atoms with E-state index >= 15 is 0 Å². The third kappa shape index (κ3) is 3.94. The van der Waals surface area contributed by atoms with Crippen LogP contribution in [-0.4, -0.2) is 48.4 Å². The minimum atomic E-state index is -0.732. The van der Waals surface area contributed by atoms with Gasteiger partial charge in [-0.3, -0.25) is 9.59 Å². The SMILES string of the molecule is CN(C(=O)C1CC(=O)N(c2cc(F)cc(F)c2)C1)C1CC2CCC(C1)N2.Cl. The zero-order valence-corrected chi connectivity index (χ0v) is 16.0. The monoisotopic (exact) mass is 399 g/mol. The van der Waals surface area contributed by atoms with Crippen molar-refractivity contribution in [1.82, 2.24) is 10.2 Å². The normalized spacial score (nSPS) is 29.6. The Morgan fingerprint density at radius 2 is 1.74 bits per heavy atom. The lowest BCUT2D eigenvalue weighted by molar-refractivity contribution is -0.137. The summed E-state index contributed by atoms with van der Waals surface area (Å²) in [5.74, 6) is -2.25. The fraction of sp³-hybridized carbons (Fsp3) is 0.579. The van der Waals surface area contributed by atoms with Crippen LogP contribution in [0.15, 0.2) is 18.2 Å². The molecule has 3 fully saturated rings. The van der Waals surface area contributed by atoms with Crippen molar-refractivity contribution < 1.29 is 18.4 Å². The first kappa shape index (κ1) is 20.0. The van der Waals surface area contributed by atoms with E-state index in [-0.39, 0.29) is 48.9 Å². The minimum Gasteiger partial charge on any atom is -0.342 e. The summed E-state index contributed by atoms with van der Waals surface area (Å²) in [6, 6.07) is 4.17. The lowest BCUT2D eigenvalue weighted by atomic mass is 9.97. The van der Waals surface area contributed by atoms with E-state index in [4.69, 9.17) is 0 Å². The second-order valence-electron chi connectivity index (χ2n) is 7.75. The Kier molecular flexibility index (Phi) is 5.72. The van der Waals surface area contributed by atoms with Crippen molar-refractivity contribution in [2.45, 2.75) is 50.2 Å². The molecule has 3 heterocycles. The van der Waals surface area contributed by atoms with Crippen molar-refractivity contribution in [1.29, 1.82) is 0 Å². The Hall–Kier alpha value is -1.73. The number of halogens is 3. The van der Waals surface area contributed by atoms with Gasteiger partial charge < -0.3 is 15.1 Å². The quantitative estimate of drug-likeness (QED) is 0.849. The maximum absolute atomic E-state index is 13.5. The highest BCUT2D eigenvalue weighted by molar-refractivity contribution is 6.00. The van der Waals surface area contributed by atoms with E-state index in [1.54, 1.807) is 4.90 Å². The molecule has 148 valence electrons. The summed E-state index contributed by atoms with van der Waals surface area (Å²) in [5.41, 5.74) is 0.172. The van der Waals surface area contributed by atoms with Crippen LogP contribution in [0.3, 0.4) is 0 Å². The lowest BCUT2D eigenvalue weighted by Crippen LogP contribution is -2.50. The average molecular weight is 400 g/mol. The van der Waals surface area contributed by atoms with Crippen LogP contribution in [0.2, 0.25) is 0 Å². The molecule has 2 amide bonds. The first-order valence-corrected chi connectivity index (χ1v) is 9.20. The van der Waals surface area contributed by atoms with Crippen molar-refractivity contribution >= 4 is 29.9 Å².